The van der Waals surface area contributed by atoms with Crippen molar-refractivity contribution in [1.82, 2.24) is 9.80 Å². The van der Waals surface area contributed by atoms with Gasteiger partial charge in [0, 0.05) is 31.0 Å². The number of thioether (sulfide) groups is 1. The van der Waals surface area contributed by atoms with Crippen LogP contribution in [-0.4, -0.2) is 81.1 Å². The van der Waals surface area contributed by atoms with Gasteiger partial charge < -0.3 is 19.6 Å². The van der Waals surface area contributed by atoms with Gasteiger partial charge >= 0.3 is 5.97 Å². The molecule has 0 saturated carbocycles. The van der Waals surface area contributed by atoms with Gasteiger partial charge in [-0.15, -0.1) is 11.8 Å². The number of esters is 1. The monoisotopic (exact) mass is 490 g/mol. The van der Waals surface area contributed by atoms with Crippen molar-refractivity contribution in [3.05, 3.63) is 24.3 Å². The van der Waals surface area contributed by atoms with E-state index in [-0.39, 0.29) is 35.7 Å². The fourth-order valence-corrected chi connectivity index (χ4v) is 7.89. The number of nitrogens with zero attached hydrogens (tertiary/aromatic N) is 2. The van der Waals surface area contributed by atoms with Crippen LogP contribution in [0.3, 0.4) is 0 Å². The molecule has 5 atom stereocenters. The number of aliphatic hydroxyl groups is 1. The highest BCUT2D eigenvalue weighted by atomic mass is 32.2. The maximum atomic E-state index is 14.0. The lowest BCUT2D eigenvalue weighted by molar-refractivity contribution is -0.153. The van der Waals surface area contributed by atoms with E-state index in [1.807, 2.05) is 24.8 Å². The molecule has 0 aliphatic carbocycles. The lowest BCUT2D eigenvalue weighted by atomic mass is 9.78. The standard InChI is InChI=1S/C26H38N2O5S/c1-18(2)27-15-11-13-26-21(20-19(34-26)12-7-3-6-10-17-33-25(20)32)23(30)28(22(26)24(27)31)14-8-4-5-9-16-29/h7,11-13,18-22,29H,3-6,8-10,14-17H2,1-2H3/b12-7-/t19-,20+,21+,22?,26+/m1/s1. The Kier molecular flexibility index (Phi) is 8.08. The second kappa shape index (κ2) is 10.9. The van der Waals surface area contributed by atoms with E-state index in [9.17, 15) is 14.4 Å². The number of rotatable bonds is 7. The normalized spacial score (nSPS) is 34.5. The van der Waals surface area contributed by atoms with Crippen LogP contribution in [0.4, 0.5) is 0 Å². The topological polar surface area (TPSA) is 87.2 Å². The Bertz CT molecular complexity index is 843. The van der Waals surface area contributed by atoms with Gasteiger partial charge in [-0.25, -0.2) is 0 Å². The molecule has 34 heavy (non-hydrogen) atoms. The molecule has 2 saturated heterocycles. The lowest BCUT2D eigenvalue weighted by Gasteiger charge is -2.36. The van der Waals surface area contributed by atoms with Gasteiger partial charge in [-0.3, -0.25) is 14.4 Å². The van der Waals surface area contributed by atoms with Gasteiger partial charge in [0.1, 0.15) is 6.04 Å². The van der Waals surface area contributed by atoms with E-state index in [0.717, 1.165) is 44.9 Å². The van der Waals surface area contributed by atoms with Crippen LogP contribution in [0.15, 0.2) is 24.3 Å². The molecule has 0 aromatic carbocycles. The summed E-state index contributed by atoms with van der Waals surface area (Å²) >= 11 is 1.61. The molecule has 1 spiro atoms. The quantitative estimate of drug-likeness (QED) is 0.335. The largest absolute Gasteiger partial charge is 0.465 e. The van der Waals surface area contributed by atoms with Crippen LogP contribution in [0.5, 0.6) is 0 Å². The van der Waals surface area contributed by atoms with Crippen molar-refractivity contribution in [2.75, 3.05) is 26.3 Å². The molecule has 2 amide bonds. The molecule has 4 rings (SSSR count). The Morgan fingerprint density at radius 1 is 1.12 bits per heavy atom. The molecule has 1 N–H and O–H groups in total. The zero-order valence-corrected chi connectivity index (χ0v) is 21.2. The van der Waals surface area contributed by atoms with Gasteiger partial charge in [0.25, 0.3) is 0 Å². The predicted molar refractivity (Wildman–Crippen MR) is 132 cm³/mol. The van der Waals surface area contributed by atoms with Crippen molar-refractivity contribution >= 4 is 29.5 Å². The molecule has 4 heterocycles. The molecule has 0 radical (unpaired) electrons. The van der Waals surface area contributed by atoms with Crippen LogP contribution in [-0.2, 0) is 19.1 Å². The Labute approximate surface area is 206 Å². The lowest BCUT2D eigenvalue weighted by Crippen LogP contribution is -2.54. The summed E-state index contributed by atoms with van der Waals surface area (Å²) in [5.41, 5.74) is 0. The zero-order chi connectivity index (χ0) is 24.3. The molecule has 7 nitrogen and oxygen atoms in total. The number of likely N-dealkylation sites (tertiary alicyclic amines) is 1. The Morgan fingerprint density at radius 3 is 2.68 bits per heavy atom. The number of cyclic esters (lactones) is 1. The van der Waals surface area contributed by atoms with Crippen LogP contribution in [0.1, 0.15) is 58.8 Å². The van der Waals surface area contributed by atoms with Crippen molar-refractivity contribution in [3.8, 4) is 0 Å². The molecular formula is C26H38N2O5S. The number of ether oxygens (including phenoxy) is 1. The average molecular weight is 491 g/mol. The fraction of sp³-hybridized carbons (Fsp3) is 0.731. The molecule has 188 valence electrons. The van der Waals surface area contributed by atoms with E-state index in [0.29, 0.717) is 19.7 Å². The third-order valence-corrected chi connectivity index (χ3v) is 9.31. The first-order chi connectivity index (χ1) is 16.4. The number of hydrogen-bond acceptors (Lipinski definition) is 6. The number of carbonyl (C=O) groups excluding carboxylic acids is 3. The summed E-state index contributed by atoms with van der Waals surface area (Å²) < 4.78 is 4.88. The number of hydrogen-bond donors (Lipinski definition) is 1. The molecule has 4 aliphatic heterocycles. The van der Waals surface area contributed by atoms with Crippen LogP contribution in [0.25, 0.3) is 0 Å². The van der Waals surface area contributed by atoms with E-state index in [1.54, 1.807) is 16.7 Å². The summed E-state index contributed by atoms with van der Waals surface area (Å²) in [5.74, 6) is -1.63. The molecule has 0 aromatic rings. The van der Waals surface area contributed by atoms with Gasteiger partial charge in [0.05, 0.1) is 23.2 Å². The summed E-state index contributed by atoms with van der Waals surface area (Å²) in [5, 5.41) is 8.89. The minimum absolute atomic E-state index is 0.0184. The fourth-order valence-electron chi connectivity index (χ4n) is 5.89. The molecule has 8 heteroatoms. The third kappa shape index (κ3) is 4.55. The first kappa shape index (κ1) is 25.3. The molecule has 0 bridgehead atoms. The molecule has 1 unspecified atom stereocenters. The van der Waals surface area contributed by atoms with Crippen molar-refractivity contribution < 1.29 is 24.2 Å². The van der Waals surface area contributed by atoms with Crippen LogP contribution in [0, 0.1) is 11.8 Å². The summed E-state index contributed by atoms with van der Waals surface area (Å²) in [4.78, 5) is 44.8. The Morgan fingerprint density at radius 2 is 1.91 bits per heavy atom. The highest BCUT2D eigenvalue weighted by Crippen LogP contribution is 2.60. The van der Waals surface area contributed by atoms with Crippen LogP contribution < -0.4 is 0 Å². The molecular weight excluding hydrogens is 452 g/mol. The third-order valence-electron chi connectivity index (χ3n) is 7.56. The number of carbonyl (C=O) groups is 3. The van der Waals surface area contributed by atoms with E-state index in [1.165, 1.54) is 0 Å². The smallest absolute Gasteiger partial charge is 0.311 e. The number of unbranched alkanes of at least 4 members (excludes halogenated alkanes) is 3. The molecule has 2 fully saturated rings. The minimum Gasteiger partial charge on any atom is -0.465 e. The second-order valence-electron chi connectivity index (χ2n) is 10.1. The van der Waals surface area contributed by atoms with Crippen LogP contribution >= 0.6 is 11.8 Å². The van der Waals surface area contributed by atoms with E-state index in [2.05, 4.69) is 18.2 Å². The Balaban J connectivity index is 1.71. The number of allylic oxidation sites excluding steroid dienone is 1. The van der Waals surface area contributed by atoms with Gasteiger partial charge in [-0.05, 0) is 46.0 Å². The minimum atomic E-state index is -0.768. The van der Waals surface area contributed by atoms with E-state index >= 15 is 0 Å². The molecule has 4 aliphatic rings. The average Bonchev–Trinajstić information content (AvgIpc) is 3.18. The van der Waals surface area contributed by atoms with Crippen molar-refractivity contribution in [2.45, 2.75) is 80.9 Å². The highest BCUT2D eigenvalue weighted by molar-refractivity contribution is 8.02. The number of aliphatic hydroxyl groups excluding tert-OH is 1. The van der Waals surface area contributed by atoms with Gasteiger partial charge in [-0.1, -0.05) is 37.1 Å². The van der Waals surface area contributed by atoms with Gasteiger partial charge in [-0.2, -0.15) is 0 Å². The number of amides is 2. The first-order valence-corrected chi connectivity index (χ1v) is 13.7. The maximum Gasteiger partial charge on any atom is 0.311 e. The predicted octanol–water partition coefficient (Wildman–Crippen LogP) is 2.93. The van der Waals surface area contributed by atoms with E-state index in [4.69, 9.17) is 9.84 Å². The van der Waals surface area contributed by atoms with Crippen molar-refractivity contribution in [1.29, 1.82) is 0 Å². The van der Waals surface area contributed by atoms with Crippen molar-refractivity contribution in [2.24, 2.45) is 11.8 Å². The first-order valence-electron chi connectivity index (χ1n) is 12.8. The van der Waals surface area contributed by atoms with E-state index < -0.39 is 22.6 Å². The van der Waals surface area contributed by atoms with Crippen LogP contribution in [0.2, 0.25) is 0 Å². The summed E-state index contributed by atoms with van der Waals surface area (Å²) in [6.07, 6.45) is 14.3. The van der Waals surface area contributed by atoms with Gasteiger partial charge in [0.15, 0.2) is 0 Å². The molecule has 0 aromatic heterocycles. The Hall–Kier alpha value is -1.80. The summed E-state index contributed by atoms with van der Waals surface area (Å²) in [7, 11) is 0. The van der Waals surface area contributed by atoms with Crippen molar-refractivity contribution in [3.63, 3.8) is 0 Å². The zero-order valence-electron chi connectivity index (χ0n) is 20.4. The second-order valence-corrected chi connectivity index (χ2v) is 11.6. The maximum absolute atomic E-state index is 14.0. The summed E-state index contributed by atoms with van der Waals surface area (Å²) in [6.45, 7) is 5.54. The highest BCUT2D eigenvalue weighted by Gasteiger charge is 2.70. The van der Waals surface area contributed by atoms with Gasteiger partial charge in [0.2, 0.25) is 11.8 Å². The number of fused-ring (bicyclic) bond motifs is 2. The summed E-state index contributed by atoms with van der Waals surface area (Å²) in [6, 6.07) is -0.599. The SMILES string of the molecule is CC(C)N1CC=C[C@]23S[C@@H]4/C=C\CCCCOC(=O)[C@@H]4[C@H]2C(=O)N(CCCCCCO)C3C1=O.